The molecule has 3 rings (SSSR count). The summed E-state index contributed by atoms with van der Waals surface area (Å²) in [5, 5.41) is 8.26. The molecule has 1 unspecified atom stereocenters. The van der Waals surface area contributed by atoms with Gasteiger partial charge in [0.1, 0.15) is 0 Å². The summed E-state index contributed by atoms with van der Waals surface area (Å²) in [4.78, 5) is 2.70. The molecule has 1 N–H and O–H groups in total. The molecule has 0 amide bonds. The molecule has 0 bridgehead atoms. The average Bonchev–Trinajstić information content (AvgIpc) is 2.81. The first-order chi connectivity index (χ1) is 9.18. The van der Waals surface area contributed by atoms with Crippen LogP contribution in [0.25, 0.3) is 0 Å². The van der Waals surface area contributed by atoms with E-state index in [0.717, 1.165) is 19.6 Å². The minimum absolute atomic E-state index is 0.391. The smallest absolute Gasteiger partial charge is 0.0764 e. The summed E-state index contributed by atoms with van der Waals surface area (Å²) >= 11 is 0. The van der Waals surface area contributed by atoms with Gasteiger partial charge in [-0.1, -0.05) is 19.3 Å². The quantitative estimate of drug-likeness (QED) is 0.884. The molecule has 2 fully saturated rings. The molecule has 2 aliphatic rings. The Labute approximate surface area is 116 Å². The van der Waals surface area contributed by atoms with E-state index in [4.69, 9.17) is 0 Å². The molecule has 106 valence electrons. The van der Waals surface area contributed by atoms with Crippen LogP contribution >= 0.6 is 0 Å². The number of aromatic nitrogens is 2. The van der Waals surface area contributed by atoms with Crippen molar-refractivity contribution >= 4 is 0 Å². The van der Waals surface area contributed by atoms with Crippen molar-refractivity contribution < 1.29 is 0 Å². The van der Waals surface area contributed by atoms with Gasteiger partial charge in [0.15, 0.2) is 0 Å². The normalized spacial score (nSPS) is 27.8. The Kier molecular flexibility index (Phi) is 3.63. The lowest BCUT2D eigenvalue weighted by molar-refractivity contribution is 0.00520. The van der Waals surface area contributed by atoms with E-state index < -0.39 is 0 Å². The number of aryl methyl sites for hydroxylation is 1. The predicted molar refractivity (Wildman–Crippen MR) is 76.9 cm³/mol. The summed E-state index contributed by atoms with van der Waals surface area (Å²) in [7, 11) is 2.00. The summed E-state index contributed by atoms with van der Waals surface area (Å²) in [6, 6.07) is 2.75. The van der Waals surface area contributed by atoms with Crippen LogP contribution in [0, 0.1) is 0 Å². The second-order valence-corrected chi connectivity index (χ2v) is 6.43. The van der Waals surface area contributed by atoms with E-state index in [9.17, 15) is 0 Å². The Balaban J connectivity index is 1.77. The van der Waals surface area contributed by atoms with E-state index in [1.54, 1.807) is 0 Å². The molecule has 1 spiro atoms. The van der Waals surface area contributed by atoms with Gasteiger partial charge in [-0.2, -0.15) is 5.10 Å². The molecule has 19 heavy (non-hydrogen) atoms. The molecule has 1 aliphatic heterocycles. The van der Waals surface area contributed by atoms with Crippen molar-refractivity contribution in [3.8, 4) is 0 Å². The molecular formula is C15H26N4. The zero-order valence-corrected chi connectivity index (χ0v) is 12.2. The first kappa shape index (κ1) is 13.1. The summed E-state index contributed by atoms with van der Waals surface area (Å²) in [6.07, 6.45) is 8.92. The van der Waals surface area contributed by atoms with Crippen LogP contribution in [-0.2, 0) is 13.6 Å². The van der Waals surface area contributed by atoms with Crippen LogP contribution < -0.4 is 5.32 Å². The lowest BCUT2D eigenvalue weighted by atomic mass is 9.78. The van der Waals surface area contributed by atoms with E-state index in [1.807, 2.05) is 11.7 Å². The highest BCUT2D eigenvalue weighted by Gasteiger charge is 2.41. The van der Waals surface area contributed by atoms with Crippen LogP contribution in [-0.4, -0.2) is 39.4 Å². The highest BCUT2D eigenvalue weighted by molar-refractivity contribution is 5.05. The minimum Gasteiger partial charge on any atom is -0.311 e. The Morgan fingerprint density at radius 1 is 1.37 bits per heavy atom. The van der Waals surface area contributed by atoms with Crippen LogP contribution in [0.1, 0.15) is 44.7 Å². The zero-order chi connectivity index (χ0) is 13.3. The van der Waals surface area contributed by atoms with Crippen LogP contribution in [0.2, 0.25) is 0 Å². The Hall–Kier alpha value is -0.870. The lowest BCUT2D eigenvalue weighted by Crippen LogP contribution is -2.64. The van der Waals surface area contributed by atoms with Crippen molar-refractivity contribution in [1.82, 2.24) is 20.0 Å². The van der Waals surface area contributed by atoms with Crippen molar-refractivity contribution in [3.63, 3.8) is 0 Å². The summed E-state index contributed by atoms with van der Waals surface area (Å²) in [5.41, 5.74) is 1.60. The van der Waals surface area contributed by atoms with Gasteiger partial charge < -0.3 is 5.32 Å². The van der Waals surface area contributed by atoms with Gasteiger partial charge in [0, 0.05) is 44.5 Å². The third-order valence-corrected chi connectivity index (χ3v) is 4.85. The maximum atomic E-state index is 4.56. The Morgan fingerprint density at radius 3 is 2.84 bits per heavy atom. The van der Waals surface area contributed by atoms with Gasteiger partial charge in [-0.15, -0.1) is 0 Å². The Bertz CT molecular complexity index is 420. The van der Waals surface area contributed by atoms with Gasteiger partial charge in [0.2, 0.25) is 0 Å². The molecule has 4 heteroatoms. The minimum atomic E-state index is 0.391. The number of hydrogen-bond acceptors (Lipinski definition) is 3. The molecular weight excluding hydrogens is 236 g/mol. The second-order valence-electron chi connectivity index (χ2n) is 6.43. The monoisotopic (exact) mass is 262 g/mol. The van der Waals surface area contributed by atoms with Crippen LogP contribution in [0.15, 0.2) is 12.3 Å². The van der Waals surface area contributed by atoms with Gasteiger partial charge in [0.05, 0.1) is 5.69 Å². The third-order valence-electron chi connectivity index (χ3n) is 4.85. The van der Waals surface area contributed by atoms with Gasteiger partial charge in [0.25, 0.3) is 0 Å². The van der Waals surface area contributed by atoms with E-state index in [-0.39, 0.29) is 0 Å². The van der Waals surface area contributed by atoms with E-state index >= 15 is 0 Å². The van der Waals surface area contributed by atoms with Crippen LogP contribution in [0.3, 0.4) is 0 Å². The van der Waals surface area contributed by atoms with Gasteiger partial charge in [-0.05, 0) is 25.8 Å². The maximum Gasteiger partial charge on any atom is 0.0764 e. The van der Waals surface area contributed by atoms with Gasteiger partial charge in [-0.25, -0.2) is 0 Å². The highest BCUT2D eigenvalue weighted by Crippen LogP contribution is 2.36. The number of piperazine rings is 1. The fraction of sp³-hybridized carbons (Fsp3) is 0.800. The summed E-state index contributed by atoms with van der Waals surface area (Å²) in [6.45, 7) is 5.60. The lowest BCUT2D eigenvalue weighted by Gasteiger charge is -2.51. The SMILES string of the molecule is CC1CN(Cc2ccn(C)n2)C2(CCCCC2)CN1. The van der Waals surface area contributed by atoms with Crippen molar-refractivity contribution in [2.45, 2.75) is 57.2 Å². The summed E-state index contributed by atoms with van der Waals surface area (Å²) in [5.74, 6) is 0. The van der Waals surface area contributed by atoms with E-state index in [0.29, 0.717) is 11.6 Å². The number of nitrogens with one attached hydrogen (secondary N) is 1. The number of rotatable bonds is 2. The largest absolute Gasteiger partial charge is 0.311 e. The molecule has 1 atom stereocenters. The van der Waals surface area contributed by atoms with Crippen LogP contribution in [0.4, 0.5) is 0 Å². The number of hydrogen-bond donors (Lipinski definition) is 1. The van der Waals surface area contributed by atoms with Crippen molar-refractivity contribution in [3.05, 3.63) is 18.0 Å². The standard InChI is InChI=1S/C15H26N4/c1-13-10-19(11-14-6-9-18(2)17-14)15(12-16-13)7-4-3-5-8-15/h6,9,13,16H,3-5,7-8,10-12H2,1-2H3. The van der Waals surface area contributed by atoms with Gasteiger partial charge in [-0.3, -0.25) is 9.58 Å². The average molecular weight is 262 g/mol. The van der Waals surface area contributed by atoms with E-state index in [2.05, 4.69) is 34.5 Å². The molecule has 1 aromatic heterocycles. The fourth-order valence-electron chi connectivity index (χ4n) is 3.74. The molecule has 2 heterocycles. The molecule has 0 aromatic carbocycles. The second kappa shape index (κ2) is 5.25. The predicted octanol–water partition coefficient (Wildman–Crippen LogP) is 1.92. The first-order valence-electron chi connectivity index (χ1n) is 7.65. The summed E-state index contributed by atoms with van der Waals surface area (Å²) < 4.78 is 1.91. The third kappa shape index (κ3) is 2.70. The van der Waals surface area contributed by atoms with Crippen molar-refractivity contribution in [2.24, 2.45) is 7.05 Å². The fourth-order valence-corrected chi connectivity index (χ4v) is 3.74. The van der Waals surface area contributed by atoms with Crippen molar-refractivity contribution in [2.75, 3.05) is 13.1 Å². The molecule has 1 saturated heterocycles. The molecule has 1 aromatic rings. The topological polar surface area (TPSA) is 33.1 Å². The molecule has 1 saturated carbocycles. The zero-order valence-electron chi connectivity index (χ0n) is 12.2. The highest BCUT2D eigenvalue weighted by atomic mass is 15.3. The maximum absolute atomic E-state index is 4.56. The molecule has 0 radical (unpaired) electrons. The first-order valence-corrected chi connectivity index (χ1v) is 7.65. The van der Waals surface area contributed by atoms with Gasteiger partial charge >= 0.3 is 0 Å². The van der Waals surface area contributed by atoms with Crippen LogP contribution in [0.5, 0.6) is 0 Å². The van der Waals surface area contributed by atoms with Crippen molar-refractivity contribution in [1.29, 1.82) is 0 Å². The number of nitrogens with zero attached hydrogens (tertiary/aromatic N) is 3. The molecule has 1 aliphatic carbocycles. The molecule has 4 nitrogen and oxygen atoms in total. The Morgan fingerprint density at radius 2 is 2.16 bits per heavy atom. The van der Waals surface area contributed by atoms with E-state index in [1.165, 1.54) is 37.8 Å².